The average molecular weight is 215 g/mol. The second kappa shape index (κ2) is 4.72. The topological polar surface area (TPSA) is 61.0 Å². The lowest BCUT2D eigenvalue weighted by atomic mass is 10.0. The van der Waals surface area contributed by atoms with Gasteiger partial charge in [-0.25, -0.2) is 9.97 Å². The Morgan fingerprint density at radius 1 is 1.19 bits per heavy atom. The molecule has 0 aliphatic carbocycles. The van der Waals surface area contributed by atoms with Crippen molar-refractivity contribution >= 4 is 0 Å². The van der Waals surface area contributed by atoms with Gasteiger partial charge >= 0.3 is 0 Å². The Kier molecular flexibility index (Phi) is 3.12. The van der Waals surface area contributed by atoms with E-state index in [1.165, 1.54) is 6.33 Å². The SMILES string of the molecule is COc1ccccc1C(N)c1cncnc1. The molecule has 0 radical (unpaired) electrons. The maximum Gasteiger partial charge on any atom is 0.123 e. The number of nitrogens with two attached hydrogens (primary N) is 1. The molecule has 1 heterocycles. The maximum atomic E-state index is 6.13. The summed E-state index contributed by atoms with van der Waals surface area (Å²) in [5.41, 5.74) is 7.93. The van der Waals surface area contributed by atoms with Crippen LogP contribution in [0.25, 0.3) is 0 Å². The van der Waals surface area contributed by atoms with Gasteiger partial charge in [-0.1, -0.05) is 18.2 Å². The summed E-state index contributed by atoms with van der Waals surface area (Å²) >= 11 is 0. The van der Waals surface area contributed by atoms with E-state index in [1.54, 1.807) is 19.5 Å². The van der Waals surface area contributed by atoms with Gasteiger partial charge < -0.3 is 10.5 Å². The van der Waals surface area contributed by atoms with Crippen LogP contribution in [0.1, 0.15) is 17.2 Å². The Balaban J connectivity index is 2.37. The predicted octanol–water partition coefficient (Wildman–Crippen LogP) is 1.53. The van der Waals surface area contributed by atoms with Crippen LogP contribution in [-0.4, -0.2) is 17.1 Å². The number of rotatable bonds is 3. The van der Waals surface area contributed by atoms with Gasteiger partial charge in [0.25, 0.3) is 0 Å². The molecule has 2 rings (SSSR count). The normalized spacial score (nSPS) is 12.1. The van der Waals surface area contributed by atoms with E-state index in [0.29, 0.717) is 0 Å². The molecular weight excluding hydrogens is 202 g/mol. The quantitative estimate of drug-likeness (QED) is 0.843. The third-order valence-corrected chi connectivity index (χ3v) is 2.41. The van der Waals surface area contributed by atoms with Gasteiger partial charge in [0.15, 0.2) is 0 Å². The number of para-hydroxylation sites is 1. The molecule has 0 saturated heterocycles. The first kappa shape index (κ1) is 10.6. The van der Waals surface area contributed by atoms with Crippen LogP contribution >= 0.6 is 0 Å². The minimum atomic E-state index is -0.266. The Hall–Kier alpha value is -1.94. The van der Waals surface area contributed by atoms with E-state index in [-0.39, 0.29) is 6.04 Å². The molecule has 1 aromatic carbocycles. The number of methoxy groups -OCH3 is 1. The second-order valence-corrected chi connectivity index (χ2v) is 3.39. The lowest BCUT2D eigenvalue weighted by molar-refractivity contribution is 0.408. The summed E-state index contributed by atoms with van der Waals surface area (Å²) in [5.74, 6) is 0.777. The van der Waals surface area contributed by atoms with Crippen LogP contribution in [0.15, 0.2) is 43.0 Å². The minimum absolute atomic E-state index is 0.266. The van der Waals surface area contributed by atoms with Gasteiger partial charge in [0, 0.05) is 23.5 Å². The first-order chi connectivity index (χ1) is 7.83. The molecule has 4 nitrogen and oxygen atoms in total. The van der Waals surface area contributed by atoms with E-state index in [2.05, 4.69) is 9.97 Å². The van der Waals surface area contributed by atoms with Gasteiger partial charge in [0.2, 0.25) is 0 Å². The standard InChI is InChI=1S/C12H13N3O/c1-16-11-5-3-2-4-10(11)12(13)9-6-14-8-15-7-9/h2-8,12H,13H2,1H3. The molecule has 4 heteroatoms. The minimum Gasteiger partial charge on any atom is -0.496 e. The molecule has 1 atom stereocenters. The molecule has 1 aromatic heterocycles. The van der Waals surface area contributed by atoms with Crippen molar-refractivity contribution in [3.63, 3.8) is 0 Å². The molecule has 0 saturated carbocycles. The summed E-state index contributed by atoms with van der Waals surface area (Å²) in [5, 5.41) is 0. The van der Waals surface area contributed by atoms with Crippen molar-refractivity contribution in [2.24, 2.45) is 5.73 Å². The first-order valence-electron chi connectivity index (χ1n) is 4.96. The first-order valence-corrected chi connectivity index (χ1v) is 4.96. The highest BCUT2D eigenvalue weighted by molar-refractivity contribution is 5.39. The van der Waals surface area contributed by atoms with Gasteiger partial charge in [0.1, 0.15) is 12.1 Å². The van der Waals surface area contributed by atoms with Crippen LogP contribution in [0.4, 0.5) is 0 Å². The average Bonchev–Trinajstić information content (AvgIpc) is 2.39. The van der Waals surface area contributed by atoms with E-state index in [1.807, 2.05) is 24.3 Å². The zero-order valence-electron chi connectivity index (χ0n) is 9.00. The zero-order chi connectivity index (χ0) is 11.4. The highest BCUT2D eigenvalue weighted by Crippen LogP contribution is 2.26. The zero-order valence-corrected chi connectivity index (χ0v) is 9.00. The van der Waals surface area contributed by atoms with Gasteiger partial charge in [-0.05, 0) is 6.07 Å². The number of nitrogens with zero attached hydrogens (tertiary/aromatic N) is 2. The van der Waals surface area contributed by atoms with E-state index in [0.717, 1.165) is 16.9 Å². The molecule has 16 heavy (non-hydrogen) atoms. The van der Waals surface area contributed by atoms with Crippen LogP contribution in [-0.2, 0) is 0 Å². The van der Waals surface area contributed by atoms with Gasteiger partial charge in [0.05, 0.1) is 13.2 Å². The summed E-state index contributed by atoms with van der Waals surface area (Å²) in [7, 11) is 1.63. The highest BCUT2D eigenvalue weighted by Gasteiger charge is 2.13. The van der Waals surface area contributed by atoms with Gasteiger partial charge in [-0.2, -0.15) is 0 Å². The van der Waals surface area contributed by atoms with Gasteiger partial charge in [-0.3, -0.25) is 0 Å². The number of hydrogen-bond acceptors (Lipinski definition) is 4. The third kappa shape index (κ3) is 2.01. The maximum absolute atomic E-state index is 6.13. The molecule has 0 bridgehead atoms. The van der Waals surface area contributed by atoms with Crippen LogP contribution in [0, 0.1) is 0 Å². The predicted molar refractivity (Wildman–Crippen MR) is 61.1 cm³/mol. The molecular formula is C12H13N3O. The summed E-state index contributed by atoms with van der Waals surface area (Å²) < 4.78 is 5.27. The molecule has 2 N–H and O–H groups in total. The molecule has 0 aliphatic heterocycles. The fourth-order valence-electron chi connectivity index (χ4n) is 1.57. The molecule has 0 fully saturated rings. The van der Waals surface area contributed by atoms with E-state index in [9.17, 15) is 0 Å². The monoisotopic (exact) mass is 215 g/mol. The molecule has 82 valence electrons. The fraction of sp³-hybridized carbons (Fsp3) is 0.167. The summed E-state index contributed by atoms with van der Waals surface area (Å²) in [4.78, 5) is 7.91. The summed E-state index contributed by atoms with van der Waals surface area (Å²) in [6.07, 6.45) is 4.91. The van der Waals surface area contributed by atoms with Crippen molar-refractivity contribution in [3.05, 3.63) is 54.1 Å². The van der Waals surface area contributed by atoms with E-state index < -0.39 is 0 Å². The van der Waals surface area contributed by atoms with Crippen LogP contribution < -0.4 is 10.5 Å². The summed E-state index contributed by atoms with van der Waals surface area (Å²) in [6.45, 7) is 0. The molecule has 0 amide bonds. The Morgan fingerprint density at radius 2 is 1.88 bits per heavy atom. The fourth-order valence-corrected chi connectivity index (χ4v) is 1.57. The van der Waals surface area contributed by atoms with Crippen molar-refractivity contribution in [1.29, 1.82) is 0 Å². The molecule has 0 aliphatic rings. The van der Waals surface area contributed by atoms with Crippen LogP contribution in [0.3, 0.4) is 0 Å². The number of hydrogen-bond donors (Lipinski definition) is 1. The van der Waals surface area contributed by atoms with Gasteiger partial charge in [-0.15, -0.1) is 0 Å². The smallest absolute Gasteiger partial charge is 0.123 e. The third-order valence-electron chi connectivity index (χ3n) is 2.41. The largest absolute Gasteiger partial charge is 0.496 e. The lowest BCUT2D eigenvalue weighted by Gasteiger charge is -2.14. The number of ether oxygens (including phenoxy) is 1. The molecule has 1 unspecified atom stereocenters. The van der Waals surface area contributed by atoms with Crippen LogP contribution in [0.5, 0.6) is 5.75 Å². The Morgan fingerprint density at radius 3 is 2.56 bits per heavy atom. The Labute approximate surface area is 94.1 Å². The highest BCUT2D eigenvalue weighted by atomic mass is 16.5. The van der Waals surface area contributed by atoms with Crippen molar-refractivity contribution < 1.29 is 4.74 Å². The van der Waals surface area contributed by atoms with Crippen LogP contribution in [0.2, 0.25) is 0 Å². The Bertz CT molecular complexity index is 459. The van der Waals surface area contributed by atoms with E-state index in [4.69, 9.17) is 10.5 Å². The van der Waals surface area contributed by atoms with Crippen molar-refractivity contribution in [3.8, 4) is 5.75 Å². The number of benzene rings is 1. The lowest BCUT2D eigenvalue weighted by Crippen LogP contribution is -2.13. The summed E-state index contributed by atoms with van der Waals surface area (Å²) in [6, 6.07) is 7.41. The van der Waals surface area contributed by atoms with Crippen molar-refractivity contribution in [2.45, 2.75) is 6.04 Å². The molecule has 2 aromatic rings. The number of aromatic nitrogens is 2. The van der Waals surface area contributed by atoms with Crippen molar-refractivity contribution in [1.82, 2.24) is 9.97 Å². The second-order valence-electron chi connectivity index (χ2n) is 3.39. The van der Waals surface area contributed by atoms with Crippen molar-refractivity contribution in [2.75, 3.05) is 7.11 Å². The van der Waals surface area contributed by atoms with E-state index >= 15 is 0 Å². The molecule has 0 spiro atoms.